The van der Waals surface area contributed by atoms with E-state index in [1.54, 1.807) is 24.3 Å². The van der Waals surface area contributed by atoms with Gasteiger partial charge in [0.1, 0.15) is 19.0 Å². The van der Waals surface area contributed by atoms with Crippen molar-refractivity contribution in [2.24, 2.45) is 5.92 Å². The molecule has 6 heteroatoms. The molecular weight excluding hydrogens is 407 g/mol. The zero-order chi connectivity index (χ0) is 21.3. The molecule has 0 unspecified atom stereocenters. The van der Waals surface area contributed by atoms with Crippen LogP contribution in [0.1, 0.15) is 16.7 Å². The van der Waals surface area contributed by atoms with Crippen LogP contribution in [0.2, 0.25) is 5.02 Å². The summed E-state index contributed by atoms with van der Waals surface area (Å²) in [6, 6.07) is 22.2. The number of hydrogen-bond donors (Lipinski definition) is 0. The number of esters is 2. The molecule has 0 spiro atoms. The van der Waals surface area contributed by atoms with Crippen molar-refractivity contribution in [2.45, 2.75) is 19.6 Å². The van der Waals surface area contributed by atoms with E-state index in [-0.39, 0.29) is 30.2 Å². The van der Waals surface area contributed by atoms with E-state index in [0.717, 1.165) is 17.2 Å². The van der Waals surface area contributed by atoms with Crippen molar-refractivity contribution in [1.29, 1.82) is 0 Å². The van der Waals surface area contributed by atoms with E-state index >= 15 is 0 Å². The molecule has 0 aliphatic rings. The molecule has 0 aromatic heterocycles. The summed E-state index contributed by atoms with van der Waals surface area (Å²) in [5.74, 6) is -3.44. The second-order valence-corrected chi connectivity index (χ2v) is 7.12. The monoisotopic (exact) mass is 426 g/mol. The first-order valence-electron chi connectivity index (χ1n) is 9.38. The Balaban J connectivity index is 1.72. The Morgan fingerprint density at radius 2 is 1.30 bits per heavy atom. The van der Waals surface area contributed by atoms with Crippen molar-refractivity contribution in [3.05, 3.63) is 106 Å². The summed E-state index contributed by atoms with van der Waals surface area (Å²) >= 11 is 5.79. The highest BCUT2D eigenvalue weighted by atomic mass is 35.5. The lowest BCUT2D eigenvalue weighted by atomic mass is 9.99. The number of ether oxygens (including phenoxy) is 2. The summed E-state index contributed by atoms with van der Waals surface area (Å²) in [5.41, 5.74) is 1.73. The Kier molecular flexibility index (Phi) is 7.57. The van der Waals surface area contributed by atoms with Crippen LogP contribution < -0.4 is 0 Å². The predicted octanol–water partition coefficient (Wildman–Crippen LogP) is 5.12. The molecule has 0 saturated carbocycles. The molecule has 3 aromatic carbocycles. The molecule has 0 aliphatic carbocycles. The fraction of sp³-hybridized carbons (Fsp3) is 0.167. The maximum absolute atomic E-state index is 14.3. The first-order valence-corrected chi connectivity index (χ1v) is 9.76. The van der Waals surface area contributed by atoms with Gasteiger partial charge in [0.2, 0.25) is 0 Å². The van der Waals surface area contributed by atoms with Gasteiger partial charge in [-0.05, 0) is 35.2 Å². The molecule has 3 aromatic rings. The average molecular weight is 427 g/mol. The van der Waals surface area contributed by atoms with Gasteiger partial charge in [0, 0.05) is 5.02 Å². The van der Waals surface area contributed by atoms with Gasteiger partial charge in [0.25, 0.3) is 0 Å². The van der Waals surface area contributed by atoms with Crippen molar-refractivity contribution < 1.29 is 23.5 Å². The number of carbonyl (C=O) groups is 2. The standard InChI is InChI=1S/C24H20ClFO4/c25-20-12-11-19(22(26)14-20)13-21(23(27)29-15-17-7-3-1-4-8-17)24(28)30-16-18-9-5-2-6-10-18/h1-12,14,21H,13,15-16H2. The number of halogens is 2. The Labute approximate surface area is 179 Å². The quantitative estimate of drug-likeness (QED) is 0.370. The minimum Gasteiger partial charge on any atom is -0.460 e. The first-order chi connectivity index (χ1) is 14.5. The van der Waals surface area contributed by atoms with Crippen LogP contribution in [0.3, 0.4) is 0 Å². The van der Waals surface area contributed by atoms with E-state index in [4.69, 9.17) is 21.1 Å². The third-order valence-corrected chi connectivity index (χ3v) is 4.69. The van der Waals surface area contributed by atoms with E-state index in [1.165, 1.54) is 12.1 Å². The van der Waals surface area contributed by atoms with Crippen molar-refractivity contribution in [1.82, 2.24) is 0 Å². The van der Waals surface area contributed by atoms with Gasteiger partial charge in [-0.3, -0.25) is 9.59 Å². The molecule has 0 saturated heterocycles. The molecule has 30 heavy (non-hydrogen) atoms. The van der Waals surface area contributed by atoms with Crippen molar-refractivity contribution in [3.63, 3.8) is 0 Å². The molecule has 0 radical (unpaired) electrons. The summed E-state index contributed by atoms with van der Waals surface area (Å²) in [7, 11) is 0. The van der Waals surface area contributed by atoms with Crippen LogP contribution in [0.25, 0.3) is 0 Å². The number of benzene rings is 3. The van der Waals surface area contributed by atoms with E-state index in [0.29, 0.717) is 0 Å². The average Bonchev–Trinajstić information content (AvgIpc) is 2.77. The van der Waals surface area contributed by atoms with Crippen LogP contribution in [-0.2, 0) is 38.7 Å². The molecule has 4 nitrogen and oxygen atoms in total. The molecule has 0 heterocycles. The minimum absolute atomic E-state index is 0.00520. The molecule has 0 N–H and O–H groups in total. The Hall–Kier alpha value is -3.18. The van der Waals surface area contributed by atoms with Gasteiger partial charge in [0.05, 0.1) is 0 Å². The fourth-order valence-electron chi connectivity index (χ4n) is 2.83. The van der Waals surface area contributed by atoms with Crippen LogP contribution in [0, 0.1) is 11.7 Å². The summed E-state index contributed by atoms with van der Waals surface area (Å²) in [5, 5.41) is 0.228. The van der Waals surface area contributed by atoms with Crippen LogP contribution in [0.4, 0.5) is 4.39 Å². The van der Waals surface area contributed by atoms with Crippen LogP contribution >= 0.6 is 11.6 Å². The molecule has 154 valence electrons. The molecule has 0 amide bonds. The summed E-state index contributed by atoms with van der Waals surface area (Å²) in [6.45, 7) is 0.0104. The van der Waals surface area contributed by atoms with Crippen LogP contribution in [-0.4, -0.2) is 11.9 Å². The van der Waals surface area contributed by atoms with Gasteiger partial charge in [-0.2, -0.15) is 0 Å². The molecule has 0 aliphatic heterocycles. The lowest BCUT2D eigenvalue weighted by molar-refractivity contribution is -0.163. The SMILES string of the molecule is O=C(OCc1ccccc1)C(Cc1ccc(Cl)cc1F)C(=O)OCc1ccccc1. The maximum Gasteiger partial charge on any atom is 0.321 e. The minimum atomic E-state index is -1.30. The zero-order valence-corrected chi connectivity index (χ0v) is 16.8. The van der Waals surface area contributed by atoms with Crippen molar-refractivity contribution >= 4 is 23.5 Å². The molecule has 0 bridgehead atoms. The molecule has 0 fully saturated rings. The summed E-state index contributed by atoms with van der Waals surface area (Å²) < 4.78 is 24.9. The lowest BCUT2D eigenvalue weighted by Gasteiger charge is -2.16. The summed E-state index contributed by atoms with van der Waals surface area (Å²) in [4.78, 5) is 25.4. The van der Waals surface area contributed by atoms with Gasteiger partial charge in [-0.15, -0.1) is 0 Å². The van der Waals surface area contributed by atoms with Crippen molar-refractivity contribution in [3.8, 4) is 0 Å². The second-order valence-electron chi connectivity index (χ2n) is 6.68. The van der Waals surface area contributed by atoms with Gasteiger partial charge in [-0.25, -0.2) is 4.39 Å². The van der Waals surface area contributed by atoms with Gasteiger partial charge in [0.15, 0.2) is 5.92 Å². The number of carbonyl (C=O) groups excluding carboxylic acids is 2. The van der Waals surface area contributed by atoms with Crippen LogP contribution in [0.5, 0.6) is 0 Å². The third-order valence-electron chi connectivity index (χ3n) is 4.46. The normalized spacial score (nSPS) is 10.6. The Bertz CT molecular complexity index is 937. The first kappa shape index (κ1) is 21.5. The molecule has 3 rings (SSSR count). The largest absolute Gasteiger partial charge is 0.460 e. The Morgan fingerprint density at radius 1 is 0.800 bits per heavy atom. The van der Waals surface area contributed by atoms with E-state index in [9.17, 15) is 14.0 Å². The Morgan fingerprint density at radius 3 is 1.77 bits per heavy atom. The highest BCUT2D eigenvalue weighted by Gasteiger charge is 2.31. The highest BCUT2D eigenvalue weighted by Crippen LogP contribution is 2.20. The van der Waals surface area contributed by atoms with Gasteiger partial charge >= 0.3 is 11.9 Å². The highest BCUT2D eigenvalue weighted by molar-refractivity contribution is 6.30. The molecular formula is C24H20ClFO4. The predicted molar refractivity (Wildman–Crippen MR) is 111 cm³/mol. The third kappa shape index (κ3) is 6.16. The smallest absolute Gasteiger partial charge is 0.321 e. The summed E-state index contributed by atoms with van der Waals surface area (Å²) in [6.07, 6.45) is -0.190. The molecule has 0 atom stereocenters. The van der Waals surface area contributed by atoms with Gasteiger partial charge < -0.3 is 9.47 Å². The topological polar surface area (TPSA) is 52.6 Å². The van der Waals surface area contributed by atoms with E-state index in [2.05, 4.69) is 0 Å². The van der Waals surface area contributed by atoms with Gasteiger partial charge in [-0.1, -0.05) is 78.3 Å². The van der Waals surface area contributed by atoms with Crippen LogP contribution in [0.15, 0.2) is 78.9 Å². The maximum atomic E-state index is 14.3. The number of rotatable bonds is 8. The zero-order valence-electron chi connectivity index (χ0n) is 16.1. The van der Waals surface area contributed by atoms with E-state index < -0.39 is 23.7 Å². The van der Waals surface area contributed by atoms with Crippen molar-refractivity contribution in [2.75, 3.05) is 0 Å². The fourth-order valence-corrected chi connectivity index (χ4v) is 2.99. The second kappa shape index (κ2) is 10.6. The number of hydrogen-bond acceptors (Lipinski definition) is 4. The lowest BCUT2D eigenvalue weighted by Crippen LogP contribution is -2.30. The van der Waals surface area contributed by atoms with E-state index in [1.807, 2.05) is 36.4 Å².